The van der Waals surface area contributed by atoms with E-state index >= 15 is 0 Å². The van der Waals surface area contributed by atoms with Crippen LogP contribution in [0, 0.1) is 0 Å². The predicted octanol–water partition coefficient (Wildman–Crippen LogP) is 3.20. The van der Waals surface area contributed by atoms with Crippen LogP contribution in [0.4, 0.5) is 0 Å². The van der Waals surface area contributed by atoms with Crippen LogP contribution >= 0.6 is 31.9 Å². The maximum Gasteiger partial charge on any atom is 0.241 e. The van der Waals surface area contributed by atoms with Gasteiger partial charge in [0.2, 0.25) is 5.91 Å². The molecule has 0 saturated carbocycles. The molecule has 0 spiro atoms. The highest BCUT2D eigenvalue weighted by Crippen LogP contribution is 2.30. The van der Waals surface area contributed by atoms with E-state index in [1.165, 1.54) is 6.21 Å². The van der Waals surface area contributed by atoms with Gasteiger partial charge in [0.15, 0.2) is 0 Å². The number of phenols is 1. The number of phenolic OH excluding ortho intramolecular Hbond substituents is 1. The molecule has 1 amide bonds. The molecule has 1 aromatic heterocycles. The molecule has 3 rings (SSSR count). The fourth-order valence-corrected chi connectivity index (χ4v) is 3.46. The van der Waals surface area contributed by atoms with E-state index in [0.29, 0.717) is 16.6 Å². The summed E-state index contributed by atoms with van der Waals surface area (Å²) in [6, 6.07) is 11.0. The summed E-state index contributed by atoms with van der Waals surface area (Å²) in [5.41, 5.74) is 4.58. The number of nitrogens with one attached hydrogen (secondary N) is 1. The Balaban J connectivity index is 1.58. The van der Waals surface area contributed by atoms with Crippen LogP contribution in [-0.4, -0.2) is 32.2 Å². The van der Waals surface area contributed by atoms with Crippen molar-refractivity contribution >= 4 is 55.0 Å². The number of carbonyl (C=O) groups is 1. The number of hydrazone groups is 1. The van der Waals surface area contributed by atoms with Gasteiger partial charge < -0.3 is 5.11 Å². The van der Waals surface area contributed by atoms with Gasteiger partial charge >= 0.3 is 0 Å². The predicted molar refractivity (Wildman–Crippen MR) is 101 cm³/mol. The summed E-state index contributed by atoms with van der Waals surface area (Å²) < 4.78 is 2.99. The van der Waals surface area contributed by atoms with Gasteiger partial charge in [0.25, 0.3) is 0 Å². The Labute approximate surface area is 160 Å². The average Bonchev–Trinajstić information content (AvgIpc) is 3.00. The number of amides is 1. The van der Waals surface area contributed by atoms with Crippen LogP contribution in [0.25, 0.3) is 11.0 Å². The Bertz CT molecular complexity index is 955. The first-order valence-corrected chi connectivity index (χ1v) is 8.91. The molecule has 3 aromatic rings. The zero-order chi connectivity index (χ0) is 17.8. The van der Waals surface area contributed by atoms with Gasteiger partial charge in [-0.25, -0.2) is 10.1 Å². The van der Waals surface area contributed by atoms with Crippen LogP contribution in [0.1, 0.15) is 12.0 Å². The normalized spacial score (nSPS) is 11.3. The molecule has 0 aliphatic carbocycles. The molecule has 2 N–H and O–H groups in total. The molecule has 7 nitrogen and oxygen atoms in total. The molecule has 0 atom stereocenters. The summed E-state index contributed by atoms with van der Waals surface area (Å²) in [6.45, 7) is 0.398. The third-order valence-corrected chi connectivity index (χ3v) is 4.48. The zero-order valence-electron chi connectivity index (χ0n) is 12.9. The number of aromatic nitrogens is 3. The number of para-hydroxylation sites is 1. The quantitative estimate of drug-likeness (QED) is 0.446. The van der Waals surface area contributed by atoms with Crippen LogP contribution in [0.3, 0.4) is 0 Å². The Morgan fingerprint density at radius 3 is 2.96 bits per heavy atom. The molecule has 2 aromatic carbocycles. The van der Waals surface area contributed by atoms with Crippen molar-refractivity contribution in [1.82, 2.24) is 20.4 Å². The number of halogens is 2. The number of fused-ring (bicyclic) bond motifs is 1. The Morgan fingerprint density at radius 1 is 1.32 bits per heavy atom. The van der Waals surface area contributed by atoms with Crippen molar-refractivity contribution in [3.63, 3.8) is 0 Å². The minimum absolute atomic E-state index is 0.0512. The maximum absolute atomic E-state index is 11.9. The molecular formula is C16H13Br2N5O2. The number of carbonyl (C=O) groups excluding carboxylic acids is 1. The lowest BCUT2D eigenvalue weighted by Gasteiger charge is -2.04. The van der Waals surface area contributed by atoms with Crippen molar-refractivity contribution in [2.75, 3.05) is 0 Å². The van der Waals surface area contributed by atoms with E-state index < -0.39 is 0 Å². The smallest absolute Gasteiger partial charge is 0.241 e. The van der Waals surface area contributed by atoms with Crippen molar-refractivity contribution in [1.29, 1.82) is 0 Å². The molecule has 0 saturated heterocycles. The fraction of sp³-hybridized carbons (Fsp3) is 0.125. The molecule has 0 radical (unpaired) electrons. The molecular weight excluding hydrogens is 454 g/mol. The summed E-state index contributed by atoms with van der Waals surface area (Å²) in [7, 11) is 0. The maximum atomic E-state index is 11.9. The third kappa shape index (κ3) is 4.23. The minimum Gasteiger partial charge on any atom is -0.506 e. The molecule has 0 fully saturated rings. The first kappa shape index (κ1) is 17.6. The van der Waals surface area contributed by atoms with Gasteiger partial charge in [-0.15, -0.1) is 5.10 Å². The minimum atomic E-state index is -0.260. The van der Waals surface area contributed by atoms with Crippen LogP contribution in [0.5, 0.6) is 5.75 Å². The second-order valence-electron chi connectivity index (χ2n) is 5.17. The lowest BCUT2D eigenvalue weighted by Crippen LogP contribution is -2.19. The largest absolute Gasteiger partial charge is 0.506 e. The van der Waals surface area contributed by atoms with Crippen LogP contribution < -0.4 is 5.43 Å². The number of benzene rings is 2. The van der Waals surface area contributed by atoms with E-state index in [1.807, 2.05) is 24.3 Å². The first-order valence-electron chi connectivity index (χ1n) is 7.33. The van der Waals surface area contributed by atoms with Crippen LogP contribution in [0.2, 0.25) is 0 Å². The van der Waals surface area contributed by atoms with Gasteiger partial charge in [-0.05, 0) is 40.2 Å². The van der Waals surface area contributed by atoms with Crippen LogP contribution in [0.15, 0.2) is 50.4 Å². The number of rotatable bonds is 5. The number of hydrogen-bond donors (Lipinski definition) is 2. The average molecular weight is 467 g/mol. The number of aromatic hydroxyl groups is 1. The van der Waals surface area contributed by atoms with Crippen molar-refractivity contribution in [2.45, 2.75) is 13.0 Å². The van der Waals surface area contributed by atoms with Crippen molar-refractivity contribution in [3.05, 3.63) is 50.9 Å². The van der Waals surface area contributed by atoms with Gasteiger partial charge in [-0.1, -0.05) is 33.3 Å². The summed E-state index contributed by atoms with van der Waals surface area (Å²) >= 11 is 6.57. The van der Waals surface area contributed by atoms with E-state index in [1.54, 1.807) is 16.8 Å². The van der Waals surface area contributed by atoms with Crippen molar-refractivity contribution in [2.24, 2.45) is 5.10 Å². The molecule has 128 valence electrons. The number of nitrogens with zero attached hydrogens (tertiary/aromatic N) is 4. The van der Waals surface area contributed by atoms with Crippen LogP contribution in [-0.2, 0) is 11.3 Å². The van der Waals surface area contributed by atoms with Crippen molar-refractivity contribution in [3.8, 4) is 5.75 Å². The molecule has 0 unspecified atom stereocenters. The van der Waals surface area contributed by atoms with E-state index in [2.05, 4.69) is 52.7 Å². The third-order valence-electron chi connectivity index (χ3n) is 3.42. The number of hydrogen-bond acceptors (Lipinski definition) is 5. The van der Waals surface area contributed by atoms with Gasteiger partial charge in [0.05, 0.1) is 22.7 Å². The summed E-state index contributed by atoms with van der Waals surface area (Å²) in [5.74, 6) is -0.209. The van der Waals surface area contributed by atoms with E-state index in [9.17, 15) is 9.90 Å². The molecule has 1 heterocycles. The summed E-state index contributed by atoms with van der Waals surface area (Å²) in [6.07, 6.45) is 1.59. The Morgan fingerprint density at radius 2 is 2.12 bits per heavy atom. The monoisotopic (exact) mass is 465 g/mol. The fourth-order valence-electron chi connectivity index (χ4n) is 2.20. The van der Waals surface area contributed by atoms with E-state index in [4.69, 9.17) is 0 Å². The lowest BCUT2D eigenvalue weighted by molar-refractivity contribution is -0.121. The second-order valence-corrected chi connectivity index (χ2v) is 6.94. The summed E-state index contributed by atoms with van der Waals surface area (Å²) in [5, 5.41) is 21.9. The number of aryl methyl sites for hydroxylation is 1. The second kappa shape index (κ2) is 7.75. The molecule has 0 aliphatic rings. The first-order chi connectivity index (χ1) is 12.0. The van der Waals surface area contributed by atoms with E-state index in [0.717, 1.165) is 15.5 Å². The molecule has 25 heavy (non-hydrogen) atoms. The Kier molecular flexibility index (Phi) is 5.44. The zero-order valence-corrected chi connectivity index (χ0v) is 16.0. The highest BCUT2D eigenvalue weighted by atomic mass is 79.9. The lowest BCUT2D eigenvalue weighted by atomic mass is 10.2. The standard InChI is InChI=1S/C16H13Br2N5O2/c17-11-7-10(16(25)12(18)8-11)9-19-21-15(24)5-6-23-14-4-2-1-3-13(14)20-22-23/h1-4,7-9,25H,5-6H2,(H,21,24)/b19-9+. The highest BCUT2D eigenvalue weighted by Gasteiger charge is 2.07. The van der Waals surface area contributed by atoms with Gasteiger partial charge in [-0.2, -0.15) is 5.10 Å². The van der Waals surface area contributed by atoms with E-state index in [-0.39, 0.29) is 18.1 Å². The highest BCUT2D eigenvalue weighted by molar-refractivity contribution is 9.11. The molecule has 9 heteroatoms. The van der Waals surface area contributed by atoms with Gasteiger partial charge in [0, 0.05) is 16.5 Å². The molecule has 0 bridgehead atoms. The van der Waals surface area contributed by atoms with Crippen molar-refractivity contribution < 1.29 is 9.90 Å². The Hall–Kier alpha value is -2.26. The van der Waals surface area contributed by atoms with Gasteiger partial charge in [0.1, 0.15) is 11.3 Å². The van der Waals surface area contributed by atoms with Gasteiger partial charge in [-0.3, -0.25) is 4.79 Å². The summed E-state index contributed by atoms with van der Waals surface area (Å²) in [4.78, 5) is 11.9. The molecule has 0 aliphatic heterocycles. The topological polar surface area (TPSA) is 92.4 Å². The SMILES string of the molecule is O=C(CCn1nnc2ccccc21)N/N=C/c1cc(Br)cc(Br)c1O.